The number of aromatic nitrogens is 1. The number of amides is 1. The molecule has 2 aromatic rings. The molecular weight excluding hydrogens is 310 g/mol. The lowest BCUT2D eigenvalue weighted by Gasteiger charge is -2.05. The first kappa shape index (κ1) is 17.1. The molecule has 7 nitrogen and oxygen atoms in total. The van der Waals surface area contributed by atoms with Crippen molar-refractivity contribution in [3.63, 3.8) is 0 Å². The van der Waals surface area contributed by atoms with Crippen molar-refractivity contribution in [1.82, 2.24) is 10.3 Å². The Morgan fingerprint density at radius 1 is 1.38 bits per heavy atom. The molecule has 0 spiro atoms. The fraction of sp³-hybridized carbons (Fsp3) is 0.176. The number of hydrogen-bond donors (Lipinski definition) is 1. The van der Waals surface area contributed by atoms with Gasteiger partial charge in [-0.3, -0.25) is 15.1 Å². The molecule has 1 amide bonds. The van der Waals surface area contributed by atoms with E-state index in [2.05, 4.69) is 10.3 Å². The van der Waals surface area contributed by atoms with Crippen LogP contribution in [0.2, 0.25) is 0 Å². The monoisotopic (exact) mass is 327 g/mol. The quantitative estimate of drug-likeness (QED) is 0.649. The van der Waals surface area contributed by atoms with E-state index in [1.807, 2.05) is 30.3 Å². The van der Waals surface area contributed by atoms with Crippen LogP contribution in [0.5, 0.6) is 0 Å². The van der Waals surface area contributed by atoms with E-state index >= 15 is 0 Å². The molecule has 0 aliphatic carbocycles. The van der Waals surface area contributed by atoms with Gasteiger partial charge in [-0.25, -0.2) is 4.79 Å². The molecule has 0 saturated carbocycles. The van der Waals surface area contributed by atoms with Crippen molar-refractivity contribution in [2.24, 2.45) is 0 Å². The van der Waals surface area contributed by atoms with Gasteiger partial charge in [-0.05, 0) is 12.5 Å². The van der Waals surface area contributed by atoms with E-state index in [1.165, 1.54) is 12.3 Å². The van der Waals surface area contributed by atoms with E-state index in [0.29, 0.717) is 11.3 Å². The fourth-order valence-electron chi connectivity index (χ4n) is 1.91. The molecule has 0 aliphatic rings. The van der Waals surface area contributed by atoms with E-state index in [0.717, 1.165) is 5.56 Å². The van der Waals surface area contributed by atoms with Crippen LogP contribution in [0.3, 0.4) is 0 Å². The summed E-state index contributed by atoms with van der Waals surface area (Å²) in [5.74, 6) is 0. The first-order valence-corrected chi connectivity index (χ1v) is 7.28. The minimum Gasteiger partial charge on any atom is -0.445 e. The number of carbonyl (C=O) groups is 1. The van der Waals surface area contributed by atoms with Crippen molar-refractivity contribution in [1.29, 1.82) is 0 Å². The molecule has 1 N–H and O–H groups in total. The van der Waals surface area contributed by atoms with Crippen LogP contribution >= 0.6 is 0 Å². The Labute approximate surface area is 139 Å². The topological polar surface area (TPSA) is 94.4 Å². The molecule has 0 radical (unpaired) electrons. The Hall–Kier alpha value is -3.22. The van der Waals surface area contributed by atoms with Crippen molar-refractivity contribution in [3.8, 4) is 0 Å². The fourth-order valence-corrected chi connectivity index (χ4v) is 1.91. The van der Waals surface area contributed by atoms with Gasteiger partial charge in [0.25, 0.3) is 5.69 Å². The molecule has 1 heterocycles. The zero-order valence-electron chi connectivity index (χ0n) is 13.1. The maximum atomic E-state index is 11.6. The minimum absolute atomic E-state index is 0.0736. The molecule has 0 saturated heterocycles. The zero-order chi connectivity index (χ0) is 17.4. The lowest BCUT2D eigenvalue weighted by Crippen LogP contribution is -2.24. The second-order valence-corrected chi connectivity index (χ2v) is 4.97. The molecular formula is C17H17N3O4. The third-order valence-corrected chi connectivity index (χ3v) is 3.20. The van der Waals surface area contributed by atoms with Crippen molar-refractivity contribution < 1.29 is 14.5 Å². The summed E-state index contributed by atoms with van der Waals surface area (Å²) in [4.78, 5) is 25.8. The van der Waals surface area contributed by atoms with Crippen LogP contribution in [0.15, 0.2) is 48.7 Å². The highest BCUT2D eigenvalue weighted by Gasteiger charge is 2.08. The minimum atomic E-state index is -0.530. The molecule has 7 heteroatoms. The van der Waals surface area contributed by atoms with Crippen LogP contribution < -0.4 is 5.32 Å². The van der Waals surface area contributed by atoms with Gasteiger partial charge in [0.05, 0.1) is 4.92 Å². The van der Waals surface area contributed by atoms with Crippen LogP contribution in [-0.4, -0.2) is 22.5 Å². The predicted octanol–water partition coefficient (Wildman–Crippen LogP) is 3.24. The molecule has 124 valence electrons. The average Bonchev–Trinajstić information content (AvgIpc) is 2.59. The summed E-state index contributed by atoms with van der Waals surface area (Å²) in [5, 5.41) is 13.3. The molecule has 2 rings (SSSR count). The van der Waals surface area contributed by atoms with Gasteiger partial charge in [0.2, 0.25) is 0 Å². The molecule has 0 atom stereocenters. The standard InChI is InChI=1S/C17H17N3O4/c1-13-15(10-16(11-19-13)20(22)23)8-5-9-18-17(21)24-12-14-6-3-2-4-7-14/h2-8,10-11H,9,12H2,1H3,(H,18,21). The van der Waals surface area contributed by atoms with Crippen molar-refractivity contribution >= 4 is 17.9 Å². The van der Waals surface area contributed by atoms with Crippen molar-refractivity contribution in [3.05, 3.63) is 75.6 Å². The number of hydrogen-bond acceptors (Lipinski definition) is 5. The van der Waals surface area contributed by atoms with Crippen LogP contribution in [0.1, 0.15) is 16.8 Å². The zero-order valence-corrected chi connectivity index (χ0v) is 13.1. The normalized spacial score (nSPS) is 10.5. The number of ether oxygens (including phenoxy) is 1. The predicted molar refractivity (Wildman–Crippen MR) is 89.3 cm³/mol. The summed E-state index contributed by atoms with van der Waals surface area (Å²) < 4.78 is 5.07. The number of nitrogens with zero attached hydrogens (tertiary/aromatic N) is 2. The number of alkyl carbamates (subject to hydrolysis) is 1. The van der Waals surface area contributed by atoms with E-state index in [-0.39, 0.29) is 18.8 Å². The smallest absolute Gasteiger partial charge is 0.407 e. The number of carbonyl (C=O) groups excluding carboxylic acids is 1. The number of nitrogens with one attached hydrogen (secondary N) is 1. The summed E-state index contributed by atoms with van der Waals surface area (Å²) in [7, 11) is 0. The second kappa shape index (κ2) is 8.42. The highest BCUT2D eigenvalue weighted by atomic mass is 16.6. The number of benzene rings is 1. The van der Waals surface area contributed by atoms with E-state index < -0.39 is 11.0 Å². The number of rotatable bonds is 6. The SMILES string of the molecule is Cc1ncc([N+](=O)[O-])cc1C=CCNC(=O)OCc1ccccc1. The summed E-state index contributed by atoms with van der Waals surface area (Å²) in [6, 6.07) is 10.8. The van der Waals surface area contributed by atoms with Crippen LogP contribution in [0.25, 0.3) is 6.08 Å². The molecule has 24 heavy (non-hydrogen) atoms. The molecule has 0 aliphatic heterocycles. The Morgan fingerprint density at radius 2 is 2.12 bits per heavy atom. The van der Waals surface area contributed by atoms with Gasteiger partial charge >= 0.3 is 6.09 Å². The summed E-state index contributed by atoms with van der Waals surface area (Å²) in [6.45, 7) is 2.20. The number of nitro groups is 1. The van der Waals surface area contributed by atoms with Gasteiger partial charge in [-0.1, -0.05) is 42.5 Å². The molecule has 1 aromatic heterocycles. The second-order valence-electron chi connectivity index (χ2n) is 4.97. The number of pyridine rings is 1. The molecule has 0 fully saturated rings. The Bertz CT molecular complexity index is 745. The average molecular weight is 327 g/mol. The summed E-state index contributed by atoms with van der Waals surface area (Å²) in [6.07, 6.45) is 4.04. The van der Waals surface area contributed by atoms with E-state index in [1.54, 1.807) is 19.1 Å². The van der Waals surface area contributed by atoms with Gasteiger partial charge in [-0.15, -0.1) is 0 Å². The maximum Gasteiger partial charge on any atom is 0.407 e. The molecule has 1 aromatic carbocycles. The number of aryl methyl sites for hydroxylation is 1. The molecule has 0 unspecified atom stereocenters. The van der Waals surface area contributed by atoms with Gasteiger partial charge in [0.1, 0.15) is 12.8 Å². The van der Waals surface area contributed by atoms with Crippen LogP contribution in [0.4, 0.5) is 10.5 Å². The molecule has 0 bridgehead atoms. The first-order valence-electron chi connectivity index (χ1n) is 7.28. The van der Waals surface area contributed by atoms with Crippen molar-refractivity contribution in [2.75, 3.05) is 6.54 Å². The Morgan fingerprint density at radius 3 is 2.83 bits per heavy atom. The van der Waals surface area contributed by atoms with Gasteiger partial charge < -0.3 is 10.1 Å². The first-order chi connectivity index (χ1) is 11.6. The van der Waals surface area contributed by atoms with Crippen molar-refractivity contribution in [2.45, 2.75) is 13.5 Å². The maximum absolute atomic E-state index is 11.6. The largest absolute Gasteiger partial charge is 0.445 e. The lowest BCUT2D eigenvalue weighted by atomic mass is 10.2. The van der Waals surface area contributed by atoms with Gasteiger partial charge in [-0.2, -0.15) is 0 Å². The Balaban J connectivity index is 1.81. The van der Waals surface area contributed by atoms with E-state index in [4.69, 9.17) is 4.74 Å². The summed E-state index contributed by atoms with van der Waals surface area (Å²) in [5.41, 5.74) is 2.13. The third-order valence-electron chi connectivity index (χ3n) is 3.20. The van der Waals surface area contributed by atoms with Gasteiger partial charge in [0.15, 0.2) is 0 Å². The van der Waals surface area contributed by atoms with Gasteiger partial charge in [0, 0.05) is 23.9 Å². The van der Waals surface area contributed by atoms with E-state index in [9.17, 15) is 14.9 Å². The highest BCUT2D eigenvalue weighted by Crippen LogP contribution is 2.15. The summed E-state index contributed by atoms with van der Waals surface area (Å²) >= 11 is 0. The van der Waals surface area contributed by atoms with Crippen LogP contribution in [-0.2, 0) is 11.3 Å². The highest BCUT2D eigenvalue weighted by molar-refractivity contribution is 5.67. The Kier molecular flexibility index (Phi) is 6.01. The third kappa shape index (κ3) is 5.20. The van der Waals surface area contributed by atoms with Crippen LogP contribution in [0, 0.1) is 17.0 Å². The lowest BCUT2D eigenvalue weighted by molar-refractivity contribution is -0.385.